The predicted octanol–water partition coefficient (Wildman–Crippen LogP) is 6.47. The minimum Gasteiger partial charge on any atom is -0.463 e. The van der Waals surface area contributed by atoms with Crippen LogP contribution in [-0.4, -0.2) is 51.7 Å². The van der Waals surface area contributed by atoms with Crippen LogP contribution < -0.4 is 0 Å². The number of unbranched alkanes of at least 4 members (excludes halogenated alkanes) is 9. The minimum absolute atomic E-state index is 0.0247. The summed E-state index contributed by atoms with van der Waals surface area (Å²) in [5.41, 5.74) is 0. The Labute approximate surface area is 186 Å². The van der Waals surface area contributed by atoms with E-state index in [0.29, 0.717) is 45.9 Å². The third-order valence-electron chi connectivity index (χ3n) is 5.10. The van der Waals surface area contributed by atoms with Gasteiger partial charge < -0.3 is 18.9 Å². The van der Waals surface area contributed by atoms with Crippen LogP contribution in [0.15, 0.2) is 0 Å². The van der Waals surface area contributed by atoms with E-state index >= 15 is 0 Å². The molecule has 30 heavy (non-hydrogen) atoms. The van der Waals surface area contributed by atoms with Gasteiger partial charge in [-0.1, -0.05) is 71.6 Å². The van der Waals surface area contributed by atoms with E-state index in [1.807, 2.05) is 6.92 Å². The highest BCUT2D eigenvalue weighted by molar-refractivity contribution is 5.69. The molecule has 1 unspecified atom stereocenters. The fourth-order valence-electron chi connectivity index (χ4n) is 3.22. The van der Waals surface area contributed by atoms with Gasteiger partial charge in [0.15, 0.2) is 0 Å². The van der Waals surface area contributed by atoms with Crippen molar-refractivity contribution in [3.63, 3.8) is 0 Å². The second-order valence-electron chi connectivity index (χ2n) is 8.21. The molecule has 5 nitrogen and oxygen atoms in total. The first-order valence-corrected chi connectivity index (χ1v) is 12.6. The van der Waals surface area contributed by atoms with Crippen LogP contribution in [-0.2, 0) is 23.7 Å². The highest BCUT2D eigenvalue weighted by atomic mass is 16.5. The van der Waals surface area contributed by atoms with Gasteiger partial charge in [-0.05, 0) is 32.6 Å². The van der Waals surface area contributed by atoms with E-state index in [1.54, 1.807) is 0 Å². The lowest BCUT2D eigenvalue weighted by molar-refractivity contribution is -0.149. The number of carbonyl (C=O) groups excluding carboxylic acids is 1. The molecular weight excluding hydrogens is 380 g/mol. The third-order valence-corrected chi connectivity index (χ3v) is 5.10. The summed E-state index contributed by atoms with van der Waals surface area (Å²) in [6.07, 6.45) is 16.1. The van der Waals surface area contributed by atoms with Gasteiger partial charge in [0.1, 0.15) is 0 Å². The molecule has 0 aromatic heterocycles. The van der Waals surface area contributed by atoms with E-state index in [9.17, 15) is 4.79 Å². The molecule has 0 radical (unpaired) electrons. The lowest BCUT2D eigenvalue weighted by atomic mass is 10.1. The van der Waals surface area contributed by atoms with E-state index in [-0.39, 0.29) is 12.1 Å². The zero-order chi connectivity index (χ0) is 22.1. The molecule has 0 fully saturated rings. The van der Waals surface area contributed by atoms with Crippen LogP contribution in [0, 0.1) is 0 Å². The molecule has 5 heteroatoms. The van der Waals surface area contributed by atoms with Crippen molar-refractivity contribution in [1.29, 1.82) is 0 Å². The van der Waals surface area contributed by atoms with Crippen molar-refractivity contribution >= 4 is 5.97 Å². The Balaban J connectivity index is 3.21. The molecule has 0 aromatic rings. The Hall–Kier alpha value is -0.650. The lowest BCUT2D eigenvalue weighted by Gasteiger charge is -2.13. The summed E-state index contributed by atoms with van der Waals surface area (Å²) in [6, 6.07) is 0. The van der Waals surface area contributed by atoms with E-state index in [2.05, 4.69) is 13.8 Å². The zero-order valence-electron chi connectivity index (χ0n) is 20.3. The van der Waals surface area contributed by atoms with Gasteiger partial charge in [0.2, 0.25) is 0 Å². The van der Waals surface area contributed by atoms with Gasteiger partial charge in [-0.3, -0.25) is 4.79 Å². The Morgan fingerprint density at radius 2 is 1.07 bits per heavy atom. The summed E-state index contributed by atoms with van der Waals surface area (Å²) in [5, 5.41) is 0. The van der Waals surface area contributed by atoms with Crippen molar-refractivity contribution in [2.24, 2.45) is 0 Å². The smallest absolute Gasteiger partial charge is 0.306 e. The third kappa shape index (κ3) is 23.6. The van der Waals surface area contributed by atoms with Crippen LogP contribution in [0.2, 0.25) is 0 Å². The largest absolute Gasteiger partial charge is 0.463 e. The van der Waals surface area contributed by atoms with Crippen LogP contribution in [0.1, 0.15) is 111 Å². The number of esters is 1. The summed E-state index contributed by atoms with van der Waals surface area (Å²) in [7, 11) is 0. The van der Waals surface area contributed by atoms with Gasteiger partial charge >= 0.3 is 5.97 Å². The van der Waals surface area contributed by atoms with Crippen molar-refractivity contribution in [1.82, 2.24) is 0 Å². The van der Waals surface area contributed by atoms with Gasteiger partial charge in [-0.2, -0.15) is 0 Å². The standard InChI is InChI=1S/C25H50O5/c1-4-6-8-10-11-12-14-18-27-20-22-29-23-21-28-19-15-17-25(26)30-24(3)16-13-9-7-5-2/h24H,4-23H2,1-3H3. The molecule has 0 aliphatic rings. The molecule has 1 atom stereocenters. The molecule has 0 spiro atoms. The second-order valence-corrected chi connectivity index (χ2v) is 8.21. The Morgan fingerprint density at radius 1 is 0.600 bits per heavy atom. The van der Waals surface area contributed by atoms with Crippen molar-refractivity contribution in [2.75, 3.05) is 39.6 Å². The molecule has 0 N–H and O–H groups in total. The lowest BCUT2D eigenvalue weighted by Crippen LogP contribution is -2.15. The first-order chi connectivity index (χ1) is 14.7. The first kappa shape index (κ1) is 29.4. The van der Waals surface area contributed by atoms with E-state index in [4.69, 9.17) is 18.9 Å². The van der Waals surface area contributed by atoms with Crippen LogP contribution in [0.25, 0.3) is 0 Å². The fourth-order valence-corrected chi connectivity index (χ4v) is 3.22. The molecular formula is C25H50O5. The molecule has 0 bridgehead atoms. The summed E-state index contributed by atoms with van der Waals surface area (Å²) in [5.74, 6) is -0.115. The molecule has 0 saturated carbocycles. The Morgan fingerprint density at radius 3 is 1.67 bits per heavy atom. The number of rotatable bonds is 24. The molecule has 0 saturated heterocycles. The topological polar surface area (TPSA) is 54.0 Å². The second kappa shape index (κ2) is 24.6. The average molecular weight is 431 g/mol. The van der Waals surface area contributed by atoms with Crippen LogP contribution >= 0.6 is 0 Å². The molecule has 0 rings (SSSR count). The van der Waals surface area contributed by atoms with E-state index in [0.717, 1.165) is 25.9 Å². The van der Waals surface area contributed by atoms with Crippen molar-refractivity contribution < 1.29 is 23.7 Å². The highest BCUT2D eigenvalue weighted by Gasteiger charge is 2.09. The van der Waals surface area contributed by atoms with Crippen molar-refractivity contribution in [3.8, 4) is 0 Å². The molecule has 0 aliphatic carbocycles. The predicted molar refractivity (Wildman–Crippen MR) is 124 cm³/mol. The first-order valence-electron chi connectivity index (χ1n) is 12.6. The fraction of sp³-hybridized carbons (Fsp3) is 0.960. The Kier molecular flexibility index (Phi) is 24.1. The molecule has 0 heterocycles. The van der Waals surface area contributed by atoms with E-state index < -0.39 is 0 Å². The number of ether oxygens (including phenoxy) is 4. The summed E-state index contributed by atoms with van der Waals surface area (Å²) in [4.78, 5) is 11.8. The highest BCUT2D eigenvalue weighted by Crippen LogP contribution is 2.09. The minimum atomic E-state index is -0.115. The molecule has 0 aromatic carbocycles. The Bertz CT molecular complexity index is 348. The maximum atomic E-state index is 11.8. The average Bonchev–Trinajstić information content (AvgIpc) is 2.73. The number of carbonyl (C=O) groups is 1. The SMILES string of the molecule is CCCCCCCCCOCCOCCOCCCC(=O)OC(C)CCCCCC. The maximum Gasteiger partial charge on any atom is 0.306 e. The van der Waals surface area contributed by atoms with Crippen LogP contribution in [0.3, 0.4) is 0 Å². The molecule has 180 valence electrons. The van der Waals surface area contributed by atoms with Crippen molar-refractivity contribution in [3.05, 3.63) is 0 Å². The summed E-state index contributed by atoms with van der Waals surface area (Å²) in [6.45, 7) is 10.2. The summed E-state index contributed by atoms with van der Waals surface area (Å²) < 4.78 is 22.0. The molecule has 0 aliphatic heterocycles. The molecule has 0 amide bonds. The summed E-state index contributed by atoms with van der Waals surface area (Å²) >= 11 is 0. The quantitative estimate of drug-likeness (QED) is 0.130. The normalized spacial score (nSPS) is 12.2. The monoisotopic (exact) mass is 430 g/mol. The van der Waals surface area contributed by atoms with Gasteiger partial charge in [-0.15, -0.1) is 0 Å². The van der Waals surface area contributed by atoms with Gasteiger partial charge in [-0.25, -0.2) is 0 Å². The van der Waals surface area contributed by atoms with Gasteiger partial charge in [0, 0.05) is 19.6 Å². The van der Waals surface area contributed by atoms with Crippen molar-refractivity contribution in [2.45, 2.75) is 117 Å². The van der Waals surface area contributed by atoms with Gasteiger partial charge in [0.25, 0.3) is 0 Å². The number of hydrogen-bond acceptors (Lipinski definition) is 5. The zero-order valence-corrected chi connectivity index (χ0v) is 20.3. The van der Waals surface area contributed by atoms with Crippen LogP contribution in [0.5, 0.6) is 0 Å². The maximum absolute atomic E-state index is 11.8. The van der Waals surface area contributed by atoms with E-state index in [1.165, 1.54) is 57.8 Å². The van der Waals surface area contributed by atoms with Crippen LogP contribution in [0.4, 0.5) is 0 Å². The number of hydrogen-bond donors (Lipinski definition) is 0. The van der Waals surface area contributed by atoms with Gasteiger partial charge in [0.05, 0.1) is 32.5 Å².